The van der Waals surface area contributed by atoms with Crippen LogP contribution in [0.25, 0.3) is 0 Å². The molecule has 0 aliphatic carbocycles. The van der Waals surface area contributed by atoms with Gasteiger partial charge in [-0.1, -0.05) is 41.9 Å². The number of benzene rings is 2. The number of hydrogen-bond donors (Lipinski definition) is 1. The Labute approximate surface area is 163 Å². The first-order valence-corrected chi connectivity index (χ1v) is 10.5. The molecule has 27 heavy (non-hydrogen) atoms. The Morgan fingerprint density at radius 1 is 1.11 bits per heavy atom. The Balaban J connectivity index is 1.76. The normalized spacial score (nSPS) is 17.6. The van der Waals surface area contributed by atoms with Gasteiger partial charge in [0.1, 0.15) is 6.04 Å². The topological polar surface area (TPSA) is 85.0 Å². The summed E-state index contributed by atoms with van der Waals surface area (Å²) < 4.78 is 27.1. The van der Waals surface area contributed by atoms with Gasteiger partial charge in [0.05, 0.1) is 31.1 Å². The summed E-state index contributed by atoms with van der Waals surface area (Å²) in [5.74, 6) is 0. The molecular formula is C18H21ClN3O4S+. The van der Waals surface area contributed by atoms with Crippen molar-refractivity contribution in [3.05, 3.63) is 69.2 Å². The molecule has 0 unspecified atom stereocenters. The number of sulfonamides is 1. The molecule has 1 N–H and O–H groups in total. The standard InChI is InChI=1S/C18H20ClN3O4S/c1-14(15-6-2-3-7-16(15)19)20-10-12-21(13-11-20)27(25,26)18-9-5-4-8-17(18)22(23)24/h2-9,14H,10-13H2,1H3/p+1/t14-/m1/s1. The summed E-state index contributed by atoms with van der Waals surface area (Å²) in [5.41, 5.74) is 0.640. The fourth-order valence-corrected chi connectivity index (χ4v) is 5.36. The summed E-state index contributed by atoms with van der Waals surface area (Å²) >= 11 is 6.28. The highest BCUT2D eigenvalue weighted by Gasteiger charge is 2.36. The third kappa shape index (κ3) is 3.98. The molecule has 1 atom stereocenters. The summed E-state index contributed by atoms with van der Waals surface area (Å²) in [6.07, 6.45) is 0. The van der Waals surface area contributed by atoms with E-state index in [1.54, 1.807) is 0 Å². The maximum absolute atomic E-state index is 12.9. The number of nitro benzene ring substituents is 1. The van der Waals surface area contributed by atoms with E-state index in [2.05, 4.69) is 6.92 Å². The first-order chi connectivity index (χ1) is 12.8. The highest BCUT2D eigenvalue weighted by molar-refractivity contribution is 7.89. The van der Waals surface area contributed by atoms with Crippen molar-refractivity contribution in [2.75, 3.05) is 26.2 Å². The van der Waals surface area contributed by atoms with Crippen LogP contribution in [0.1, 0.15) is 18.5 Å². The molecule has 1 fully saturated rings. The molecule has 1 heterocycles. The Hall–Kier alpha value is -2.00. The van der Waals surface area contributed by atoms with Gasteiger partial charge in [0, 0.05) is 16.7 Å². The number of nitrogens with zero attached hydrogens (tertiary/aromatic N) is 2. The lowest BCUT2D eigenvalue weighted by molar-refractivity contribution is -0.933. The summed E-state index contributed by atoms with van der Waals surface area (Å²) in [6.45, 7) is 3.89. The van der Waals surface area contributed by atoms with Gasteiger partial charge in [-0.15, -0.1) is 0 Å². The van der Waals surface area contributed by atoms with Crippen molar-refractivity contribution in [3.63, 3.8) is 0 Å². The van der Waals surface area contributed by atoms with Crippen LogP contribution in [0.4, 0.5) is 5.69 Å². The second-order valence-electron chi connectivity index (χ2n) is 6.53. The second kappa shape index (κ2) is 7.93. The number of halogens is 1. The number of rotatable bonds is 5. The van der Waals surface area contributed by atoms with Crippen molar-refractivity contribution in [2.24, 2.45) is 0 Å². The van der Waals surface area contributed by atoms with Crippen LogP contribution in [0.5, 0.6) is 0 Å². The Morgan fingerprint density at radius 3 is 2.33 bits per heavy atom. The number of nitro groups is 1. The van der Waals surface area contributed by atoms with E-state index >= 15 is 0 Å². The van der Waals surface area contributed by atoms with Crippen molar-refractivity contribution in [3.8, 4) is 0 Å². The quantitative estimate of drug-likeness (QED) is 0.602. The van der Waals surface area contributed by atoms with Crippen molar-refractivity contribution >= 4 is 27.3 Å². The summed E-state index contributed by atoms with van der Waals surface area (Å²) in [7, 11) is -3.91. The highest BCUT2D eigenvalue weighted by atomic mass is 35.5. The van der Waals surface area contributed by atoms with Crippen LogP contribution < -0.4 is 4.90 Å². The Bertz CT molecular complexity index is 943. The van der Waals surface area contributed by atoms with Gasteiger partial charge < -0.3 is 4.90 Å². The fourth-order valence-electron chi connectivity index (χ4n) is 3.46. The third-order valence-electron chi connectivity index (χ3n) is 5.03. The molecule has 0 spiro atoms. The van der Waals surface area contributed by atoms with E-state index < -0.39 is 20.6 Å². The molecule has 0 amide bonds. The first-order valence-electron chi connectivity index (χ1n) is 8.65. The molecule has 2 aromatic rings. The zero-order chi connectivity index (χ0) is 19.6. The number of piperazine rings is 1. The van der Waals surface area contributed by atoms with Crippen LogP contribution in [-0.4, -0.2) is 43.8 Å². The van der Waals surface area contributed by atoms with Crippen molar-refractivity contribution in [1.82, 2.24) is 4.31 Å². The molecule has 0 aromatic heterocycles. The number of nitrogens with one attached hydrogen (secondary N) is 1. The third-order valence-corrected chi connectivity index (χ3v) is 7.32. The minimum absolute atomic E-state index is 0.134. The lowest BCUT2D eigenvalue weighted by Gasteiger charge is -2.35. The number of quaternary nitrogens is 1. The molecule has 3 rings (SSSR count). The Morgan fingerprint density at radius 2 is 1.70 bits per heavy atom. The smallest absolute Gasteiger partial charge is 0.289 e. The number of para-hydroxylation sites is 1. The van der Waals surface area contributed by atoms with E-state index in [4.69, 9.17) is 11.6 Å². The fraction of sp³-hybridized carbons (Fsp3) is 0.333. The molecule has 9 heteroatoms. The average molecular weight is 411 g/mol. The largest absolute Gasteiger partial charge is 0.327 e. The second-order valence-corrected chi connectivity index (χ2v) is 8.84. The van der Waals surface area contributed by atoms with Gasteiger partial charge in [-0.3, -0.25) is 10.1 Å². The maximum Gasteiger partial charge on any atom is 0.289 e. The average Bonchev–Trinajstić information content (AvgIpc) is 2.68. The monoisotopic (exact) mass is 410 g/mol. The van der Waals surface area contributed by atoms with E-state index in [9.17, 15) is 18.5 Å². The van der Waals surface area contributed by atoms with Gasteiger partial charge in [0.15, 0.2) is 4.90 Å². The van der Waals surface area contributed by atoms with Gasteiger partial charge in [0.2, 0.25) is 10.0 Å². The van der Waals surface area contributed by atoms with E-state index in [1.165, 1.54) is 33.5 Å². The van der Waals surface area contributed by atoms with Crippen LogP contribution in [0, 0.1) is 10.1 Å². The minimum Gasteiger partial charge on any atom is -0.327 e. The predicted molar refractivity (Wildman–Crippen MR) is 102 cm³/mol. The van der Waals surface area contributed by atoms with Crippen LogP contribution in [0.3, 0.4) is 0 Å². The molecule has 0 bridgehead atoms. The molecule has 7 nitrogen and oxygen atoms in total. The first kappa shape index (κ1) is 19.8. The minimum atomic E-state index is -3.91. The predicted octanol–water partition coefficient (Wildman–Crippen LogP) is 1.90. The summed E-state index contributed by atoms with van der Waals surface area (Å²) in [6, 6.07) is 13.3. The highest BCUT2D eigenvalue weighted by Crippen LogP contribution is 2.26. The van der Waals surface area contributed by atoms with E-state index in [0.29, 0.717) is 31.2 Å². The lowest BCUT2D eigenvalue weighted by Crippen LogP contribution is -3.14. The molecule has 0 saturated carbocycles. The van der Waals surface area contributed by atoms with Crippen LogP contribution in [0.2, 0.25) is 5.02 Å². The molecule has 144 valence electrons. The Kier molecular flexibility index (Phi) is 5.81. The lowest BCUT2D eigenvalue weighted by atomic mass is 10.1. The number of hydrogen-bond acceptors (Lipinski definition) is 4. The van der Waals surface area contributed by atoms with Gasteiger partial charge in [-0.2, -0.15) is 4.31 Å². The van der Waals surface area contributed by atoms with Crippen LogP contribution in [0.15, 0.2) is 53.4 Å². The molecule has 0 radical (unpaired) electrons. The van der Waals surface area contributed by atoms with Gasteiger partial charge in [-0.05, 0) is 19.1 Å². The summed E-state index contributed by atoms with van der Waals surface area (Å²) in [4.78, 5) is 11.5. The summed E-state index contributed by atoms with van der Waals surface area (Å²) in [5, 5.41) is 11.9. The van der Waals surface area contributed by atoms with E-state index in [0.717, 1.165) is 5.56 Å². The van der Waals surface area contributed by atoms with Gasteiger partial charge in [0.25, 0.3) is 5.69 Å². The zero-order valence-electron chi connectivity index (χ0n) is 14.8. The van der Waals surface area contributed by atoms with Gasteiger partial charge >= 0.3 is 0 Å². The molecular weight excluding hydrogens is 390 g/mol. The molecule has 2 aromatic carbocycles. The van der Waals surface area contributed by atoms with Crippen molar-refractivity contribution in [2.45, 2.75) is 17.9 Å². The molecule has 1 aliphatic rings. The van der Waals surface area contributed by atoms with Crippen LogP contribution in [-0.2, 0) is 10.0 Å². The van der Waals surface area contributed by atoms with Crippen molar-refractivity contribution in [1.29, 1.82) is 0 Å². The van der Waals surface area contributed by atoms with Gasteiger partial charge in [-0.25, -0.2) is 8.42 Å². The van der Waals surface area contributed by atoms with E-state index in [-0.39, 0.29) is 10.9 Å². The molecule has 1 saturated heterocycles. The maximum atomic E-state index is 12.9. The SMILES string of the molecule is C[C@H](c1ccccc1Cl)[NH+]1CCN(S(=O)(=O)c2ccccc2[N+](=O)[O-])CC1. The van der Waals surface area contributed by atoms with E-state index in [1.807, 2.05) is 24.3 Å². The zero-order valence-corrected chi connectivity index (χ0v) is 16.4. The molecule has 1 aliphatic heterocycles. The van der Waals surface area contributed by atoms with Crippen LogP contribution >= 0.6 is 11.6 Å². The van der Waals surface area contributed by atoms with Crippen molar-refractivity contribution < 1.29 is 18.2 Å².